The summed E-state index contributed by atoms with van der Waals surface area (Å²) >= 11 is 0. The predicted molar refractivity (Wildman–Crippen MR) is 148 cm³/mol. The van der Waals surface area contributed by atoms with E-state index in [0.717, 1.165) is 37.7 Å². The van der Waals surface area contributed by atoms with E-state index in [9.17, 15) is 14.0 Å². The molecule has 0 aliphatic heterocycles. The van der Waals surface area contributed by atoms with Crippen LogP contribution in [0.4, 0.5) is 4.39 Å². The van der Waals surface area contributed by atoms with Crippen molar-refractivity contribution in [2.24, 2.45) is 0 Å². The van der Waals surface area contributed by atoms with Crippen LogP contribution in [0.2, 0.25) is 0 Å². The van der Waals surface area contributed by atoms with Crippen molar-refractivity contribution < 1.29 is 23.1 Å². The van der Waals surface area contributed by atoms with Gasteiger partial charge < -0.3 is 19.4 Å². The molecule has 1 atom stereocenters. The lowest BCUT2D eigenvalue weighted by atomic mass is 9.94. The first-order valence-corrected chi connectivity index (χ1v) is 13.7. The van der Waals surface area contributed by atoms with Crippen LogP contribution in [0.25, 0.3) is 11.6 Å². The monoisotopic (exact) mass is 560 g/mol. The average Bonchev–Trinajstić information content (AvgIpc) is 3.63. The second kappa shape index (κ2) is 12.8. The third-order valence-electron chi connectivity index (χ3n) is 7.22. The Morgan fingerprint density at radius 2 is 1.80 bits per heavy atom. The third kappa shape index (κ3) is 6.97. The van der Waals surface area contributed by atoms with E-state index in [1.807, 2.05) is 19.1 Å². The fraction of sp³-hybridized carbons (Fsp3) is 0.367. The van der Waals surface area contributed by atoms with Crippen LogP contribution in [0.1, 0.15) is 55.0 Å². The molecule has 1 aliphatic carbocycles. The van der Waals surface area contributed by atoms with E-state index in [2.05, 4.69) is 20.7 Å². The number of furan rings is 1. The van der Waals surface area contributed by atoms with Gasteiger partial charge in [-0.25, -0.2) is 4.39 Å². The number of rotatable bonds is 10. The number of hydrogen-bond acceptors (Lipinski definition) is 7. The number of carbonyl (C=O) groups excluding carboxylic acids is 2. The lowest BCUT2D eigenvalue weighted by molar-refractivity contribution is -0.142. The molecule has 0 saturated heterocycles. The van der Waals surface area contributed by atoms with Gasteiger partial charge in [0, 0.05) is 12.6 Å². The lowest BCUT2D eigenvalue weighted by Gasteiger charge is -2.33. The summed E-state index contributed by atoms with van der Waals surface area (Å²) in [5.74, 6) is 0.899. The van der Waals surface area contributed by atoms with Gasteiger partial charge >= 0.3 is 0 Å². The van der Waals surface area contributed by atoms with Gasteiger partial charge in [0.15, 0.2) is 5.76 Å². The summed E-state index contributed by atoms with van der Waals surface area (Å²) in [5.41, 5.74) is 1.29. The first kappa shape index (κ1) is 28.0. The number of carbonyl (C=O) groups is 2. The predicted octanol–water partition coefficient (Wildman–Crippen LogP) is 4.61. The largest absolute Gasteiger partial charge is 0.497 e. The Morgan fingerprint density at radius 1 is 1.07 bits per heavy atom. The SMILES string of the molecule is COc1ccc(CN(C(=O)Cn2nnc(-c3ccc(C)o3)n2)[C@@H](C(=O)NC2CCCCC2)c2ccc(F)cc2)cc1. The minimum absolute atomic E-state index is 0.0217. The maximum atomic E-state index is 14.0. The number of tetrazole rings is 1. The van der Waals surface area contributed by atoms with E-state index >= 15 is 0 Å². The van der Waals surface area contributed by atoms with Crippen LogP contribution >= 0.6 is 0 Å². The van der Waals surface area contributed by atoms with E-state index in [1.54, 1.807) is 43.5 Å². The van der Waals surface area contributed by atoms with Crippen LogP contribution in [0.15, 0.2) is 65.1 Å². The molecule has 1 aliphatic rings. The number of methoxy groups -OCH3 is 1. The highest BCUT2D eigenvalue weighted by Crippen LogP contribution is 2.27. The first-order valence-electron chi connectivity index (χ1n) is 13.7. The fourth-order valence-corrected chi connectivity index (χ4v) is 5.07. The maximum absolute atomic E-state index is 14.0. The summed E-state index contributed by atoms with van der Waals surface area (Å²) in [6, 6.07) is 15.5. The van der Waals surface area contributed by atoms with E-state index in [0.29, 0.717) is 22.8 Å². The van der Waals surface area contributed by atoms with E-state index in [4.69, 9.17) is 9.15 Å². The molecule has 0 unspecified atom stereocenters. The van der Waals surface area contributed by atoms with Crippen LogP contribution in [0.5, 0.6) is 5.75 Å². The Bertz CT molecular complexity index is 1460. The zero-order valence-corrected chi connectivity index (χ0v) is 23.1. The standard InChI is InChI=1S/C30H33FN6O4/c1-20-8-17-26(41-20)29-33-35-37(34-29)19-27(38)36(18-21-9-15-25(40-2)16-10-21)28(22-11-13-23(31)14-12-22)30(39)32-24-6-4-3-5-7-24/h8-17,24,28H,3-7,18-19H2,1-2H3,(H,32,39)/t28-/m1/s1. The summed E-state index contributed by atoms with van der Waals surface area (Å²) in [6.45, 7) is 1.65. The van der Waals surface area contributed by atoms with Gasteiger partial charge in [0.1, 0.15) is 29.9 Å². The molecule has 4 aromatic rings. The third-order valence-corrected chi connectivity index (χ3v) is 7.22. The zero-order valence-electron chi connectivity index (χ0n) is 23.1. The van der Waals surface area contributed by atoms with Crippen molar-refractivity contribution in [1.29, 1.82) is 0 Å². The molecular formula is C30H33FN6O4. The molecule has 2 amide bonds. The molecule has 10 nitrogen and oxygen atoms in total. The van der Waals surface area contributed by atoms with Crippen LogP contribution < -0.4 is 10.1 Å². The molecule has 1 saturated carbocycles. The summed E-state index contributed by atoms with van der Waals surface area (Å²) in [5, 5.41) is 15.5. The number of benzene rings is 2. The Morgan fingerprint density at radius 3 is 2.46 bits per heavy atom. The number of aryl methyl sites for hydroxylation is 1. The van der Waals surface area contributed by atoms with E-state index in [-0.39, 0.29) is 30.9 Å². The zero-order chi connectivity index (χ0) is 28.8. The topological polar surface area (TPSA) is 115 Å². The number of nitrogens with zero attached hydrogens (tertiary/aromatic N) is 5. The van der Waals surface area contributed by atoms with Crippen molar-refractivity contribution >= 4 is 11.8 Å². The summed E-state index contributed by atoms with van der Waals surface area (Å²) in [7, 11) is 1.58. The van der Waals surface area contributed by atoms with E-state index < -0.39 is 17.8 Å². The van der Waals surface area contributed by atoms with Gasteiger partial charge in [0.2, 0.25) is 17.6 Å². The van der Waals surface area contributed by atoms with Crippen molar-refractivity contribution in [3.05, 3.63) is 83.4 Å². The maximum Gasteiger partial charge on any atom is 0.247 e. The minimum atomic E-state index is -1.01. The molecule has 2 aromatic heterocycles. The van der Waals surface area contributed by atoms with Crippen LogP contribution in [0.3, 0.4) is 0 Å². The van der Waals surface area contributed by atoms with E-state index in [1.165, 1.54) is 21.8 Å². The highest BCUT2D eigenvalue weighted by Gasteiger charge is 2.33. The van der Waals surface area contributed by atoms with Crippen molar-refractivity contribution in [3.63, 3.8) is 0 Å². The number of nitrogens with one attached hydrogen (secondary N) is 1. The number of hydrogen-bond donors (Lipinski definition) is 1. The molecule has 11 heteroatoms. The molecule has 1 N–H and O–H groups in total. The number of amides is 2. The highest BCUT2D eigenvalue weighted by molar-refractivity contribution is 5.89. The van der Waals surface area contributed by atoms with Crippen molar-refractivity contribution in [3.8, 4) is 17.3 Å². The Balaban J connectivity index is 1.47. The van der Waals surface area contributed by atoms with Gasteiger partial charge in [0.25, 0.3) is 0 Å². The van der Waals surface area contributed by atoms with Crippen LogP contribution in [-0.4, -0.2) is 50.1 Å². The van der Waals surface area contributed by atoms with Gasteiger partial charge in [-0.15, -0.1) is 10.2 Å². The molecule has 41 heavy (non-hydrogen) atoms. The molecule has 0 spiro atoms. The number of aromatic nitrogens is 4. The lowest BCUT2D eigenvalue weighted by Crippen LogP contribution is -2.47. The van der Waals surface area contributed by atoms with Gasteiger partial charge in [-0.3, -0.25) is 9.59 Å². The van der Waals surface area contributed by atoms with Gasteiger partial charge in [-0.05, 0) is 72.5 Å². The minimum Gasteiger partial charge on any atom is -0.497 e. The van der Waals surface area contributed by atoms with Crippen LogP contribution in [0, 0.1) is 12.7 Å². The van der Waals surface area contributed by atoms with Crippen LogP contribution in [-0.2, 0) is 22.7 Å². The second-order valence-electron chi connectivity index (χ2n) is 10.2. The highest BCUT2D eigenvalue weighted by atomic mass is 19.1. The van der Waals surface area contributed by atoms with Crippen molar-refractivity contribution in [2.45, 2.75) is 64.2 Å². The Kier molecular flexibility index (Phi) is 8.71. The van der Waals surface area contributed by atoms with Gasteiger partial charge in [-0.2, -0.15) is 4.80 Å². The van der Waals surface area contributed by atoms with Gasteiger partial charge in [-0.1, -0.05) is 43.5 Å². The normalized spacial score (nSPS) is 14.4. The Hall–Kier alpha value is -4.54. The number of ether oxygens (including phenoxy) is 1. The molecule has 1 fully saturated rings. The molecule has 2 heterocycles. The quantitative estimate of drug-likeness (QED) is 0.301. The molecule has 0 radical (unpaired) electrons. The Labute approximate surface area is 237 Å². The molecule has 214 valence electrons. The summed E-state index contributed by atoms with van der Waals surface area (Å²) in [6.07, 6.45) is 4.98. The number of halogens is 1. The van der Waals surface area contributed by atoms with Crippen molar-refractivity contribution in [1.82, 2.24) is 30.4 Å². The smallest absolute Gasteiger partial charge is 0.247 e. The molecule has 2 aromatic carbocycles. The molecule has 0 bridgehead atoms. The summed E-state index contributed by atoms with van der Waals surface area (Å²) in [4.78, 5) is 30.5. The van der Waals surface area contributed by atoms with Gasteiger partial charge in [0.05, 0.1) is 7.11 Å². The first-order chi connectivity index (χ1) is 19.9. The fourth-order valence-electron chi connectivity index (χ4n) is 5.07. The average molecular weight is 561 g/mol. The molecular weight excluding hydrogens is 527 g/mol. The second-order valence-corrected chi connectivity index (χ2v) is 10.2. The molecule has 5 rings (SSSR count). The van der Waals surface area contributed by atoms with Crippen molar-refractivity contribution in [2.75, 3.05) is 7.11 Å². The summed E-state index contributed by atoms with van der Waals surface area (Å²) < 4.78 is 24.8.